The van der Waals surface area contributed by atoms with Crippen LogP contribution in [0.25, 0.3) is 0 Å². The molecule has 0 spiro atoms. The van der Waals surface area contributed by atoms with E-state index in [0.717, 1.165) is 22.7 Å². The molecule has 0 saturated carbocycles. The molecule has 0 radical (unpaired) electrons. The number of anilines is 2. The monoisotopic (exact) mass is 297 g/mol. The number of nitrogens with one attached hydrogen (secondary N) is 2. The van der Waals surface area contributed by atoms with Crippen LogP contribution in [0.4, 0.5) is 11.4 Å². The van der Waals surface area contributed by atoms with Gasteiger partial charge in [0.15, 0.2) is 6.61 Å². The summed E-state index contributed by atoms with van der Waals surface area (Å²) in [4.78, 5) is 13.6. The molecule has 5 heteroatoms. The van der Waals surface area contributed by atoms with Crippen molar-refractivity contribution in [3.05, 3.63) is 54.1 Å². The zero-order chi connectivity index (χ0) is 15.4. The Labute approximate surface area is 129 Å². The van der Waals surface area contributed by atoms with Gasteiger partial charge >= 0.3 is 0 Å². The lowest BCUT2D eigenvalue weighted by Gasteiger charge is -2.28. The molecule has 0 unspecified atom stereocenters. The highest BCUT2D eigenvalue weighted by atomic mass is 16.5. The third kappa shape index (κ3) is 3.04. The Hall–Kier alpha value is -2.53. The van der Waals surface area contributed by atoms with Crippen LogP contribution >= 0.6 is 0 Å². The van der Waals surface area contributed by atoms with Gasteiger partial charge in [0.2, 0.25) is 0 Å². The smallest absolute Gasteiger partial charge is 0.265 e. The first-order valence-electron chi connectivity index (χ1n) is 7.38. The lowest BCUT2D eigenvalue weighted by atomic mass is 10.1. The van der Waals surface area contributed by atoms with Crippen LogP contribution in [-0.4, -0.2) is 19.1 Å². The molecule has 0 fully saturated rings. The molecule has 1 aliphatic heterocycles. The van der Waals surface area contributed by atoms with Crippen molar-refractivity contribution in [2.75, 3.05) is 23.5 Å². The van der Waals surface area contributed by atoms with E-state index in [0.29, 0.717) is 13.1 Å². The summed E-state index contributed by atoms with van der Waals surface area (Å²) < 4.78 is 5.47. The number of rotatable bonds is 5. The topological polar surface area (TPSA) is 53.6 Å². The number of carbonyl (C=O) groups is 1. The van der Waals surface area contributed by atoms with Gasteiger partial charge in [-0.3, -0.25) is 4.79 Å². The van der Waals surface area contributed by atoms with Crippen LogP contribution in [0.15, 0.2) is 48.5 Å². The van der Waals surface area contributed by atoms with Crippen molar-refractivity contribution in [2.24, 2.45) is 0 Å². The number of hydrogen-bond donors (Lipinski definition) is 2. The Morgan fingerprint density at radius 2 is 2.00 bits per heavy atom. The second-order valence-electron chi connectivity index (χ2n) is 5.07. The molecule has 22 heavy (non-hydrogen) atoms. The number of carbonyl (C=O) groups excluding carboxylic acids is 1. The van der Waals surface area contributed by atoms with Gasteiger partial charge < -0.3 is 15.1 Å². The first-order valence-corrected chi connectivity index (χ1v) is 7.38. The number of fused-ring (bicyclic) bond motifs is 1. The lowest BCUT2D eigenvalue weighted by molar-refractivity contribution is -0.121. The molecular formula is C17H19N3O2. The van der Waals surface area contributed by atoms with E-state index in [9.17, 15) is 4.79 Å². The normalized spacial score (nSPS) is 13.5. The maximum atomic E-state index is 11.9. The molecule has 2 aromatic rings. The fourth-order valence-electron chi connectivity index (χ4n) is 2.47. The predicted molar refractivity (Wildman–Crippen MR) is 86.9 cm³/mol. The summed E-state index contributed by atoms with van der Waals surface area (Å²) in [6, 6.07) is 15.8. The number of para-hydroxylation sites is 1. The highest BCUT2D eigenvalue weighted by molar-refractivity contribution is 5.97. The first kappa shape index (κ1) is 14.4. The number of amides is 1. The van der Waals surface area contributed by atoms with Crippen LogP contribution in [-0.2, 0) is 11.3 Å². The van der Waals surface area contributed by atoms with Crippen molar-refractivity contribution in [3.63, 3.8) is 0 Å². The van der Waals surface area contributed by atoms with Crippen LogP contribution in [0.2, 0.25) is 0 Å². The van der Waals surface area contributed by atoms with Crippen molar-refractivity contribution in [1.29, 1.82) is 0 Å². The van der Waals surface area contributed by atoms with Crippen LogP contribution in [0, 0.1) is 0 Å². The van der Waals surface area contributed by atoms with Crippen molar-refractivity contribution in [3.8, 4) is 5.75 Å². The highest BCUT2D eigenvalue weighted by Gasteiger charge is 2.24. The van der Waals surface area contributed by atoms with Crippen molar-refractivity contribution < 1.29 is 9.53 Å². The Bertz CT molecular complexity index is 658. The van der Waals surface area contributed by atoms with Gasteiger partial charge in [0.25, 0.3) is 5.91 Å². The van der Waals surface area contributed by atoms with E-state index in [1.807, 2.05) is 55.5 Å². The highest BCUT2D eigenvalue weighted by Crippen LogP contribution is 2.32. The number of benzene rings is 2. The summed E-state index contributed by atoms with van der Waals surface area (Å²) in [6.07, 6.45) is 0. The van der Waals surface area contributed by atoms with Gasteiger partial charge in [-0.15, -0.1) is 0 Å². The molecule has 0 atom stereocenters. The average Bonchev–Trinajstić information content (AvgIpc) is 2.56. The van der Waals surface area contributed by atoms with Gasteiger partial charge in [0.1, 0.15) is 5.75 Å². The summed E-state index contributed by atoms with van der Waals surface area (Å²) >= 11 is 0. The zero-order valence-electron chi connectivity index (χ0n) is 12.5. The summed E-state index contributed by atoms with van der Waals surface area (Å²) in [6.45, 7) is 3.38. The minimum atomic E-state index is 0.00233. The summed E-state index contributed by atoms with van der Waals surface area (Å²) in [7, 11) is 0. The van der Waals surface area contributed by atoms with E-state index in [2.05, 4.69) is 10.9 Å². The number of nitrogens with zero attached hydrogens (tertiary/aromatic N) is 1. The Morgan fingerprint density at radius 1 is 1.18 bits per heavy atom. The molecule has 2 N–H and O–H groups in total. The van der Waals surface area contributed by atoms with Crippen LogP contribution in [0.1, 0.15) is 12.5 Å². The first-order chi connectivity index (χ1) is 10.8. The number of hydrogen-bond acceptors (Lipinski definition) is 4. The molecule has 0 aromatic heterocycles. The summed E-state index contributed by atoms with van der Waals surface area (Å²) in [5.41, 5.74) is 9.26. The third-order valence-electron chi connectivity index (χ3n) is 3.58. The molecule has 0 aliphatic carbocycles. The molecule has 1 amide bonds. The molecule has 1 aliphatic rings. The molecule has 5 nitrogen and oxygen atoms in total. The molecule has 0 saturated heterocycles. The van der Waals surface area contributed by atoms with Crippen molar-refractivity contribution in [1.82, 2.24) is 5.43 Å². The quantitative estimate of drug-likeness (QED) is 0.833. The minimum Gasteiger partial charge on any atom is -0.482 e. The van der Waals surface area contributed by atoms with Gasteiger partial charge in [-0.25, -0.2) is 5.43 Å². The zero-order valence-corrected chi connectivity index (χ0v) is 12.5. The molecule has 3 rings (SSSR count). The fourth-order valence-corrected chi connectivity index (χ4v) is 2.47. The molecular weight excluding hydrogens is 278 g/mol. The second kappa shape index (κ2) is 6.49. The van der Waals surface area contributed by atoms with Gasteiger partial charge in [0.05, 0.1) is 5.69 Å². The van der Waals surface area contributed by atoms with E-state index < -0.39 is 0 Å². The van der Waals surface area contributed by atoms with Crippen molar-refractivity contribution in [2.45, 2.75) is 13.5 Å². The second-order valence-corrected chi connectivity index (χ2v) is 5.07. The summed E-state index contributed by atoms with van der Waals surface area (Å²) in [5.74, 6) is 0.767. The SMILES string of the molecule is CCN1C(=O)COc2ccc(CNNc3ccccc3)cc21. The van der Waals surface area contributed by atoms with Gasteiger partial charge in [-0.2, -0.15) is 0 Å². The third-order valence-corrected chi connectivity index (χ3v) is 3.58. The summed E-state index contributed by atoms with van der Waals surface area (Å²) in [5, 5.41) is 0. The maximum Gasteiger partial charge on any atom is 0.265 e. The van der Waals surface area contributed by atoms with Crippen molar-refractivity contribution >= 4 is 17.3 Å². The molecule has 114 valence electrons. The van der Waals surface area contributed by atoms with Gasteiger partial charge in [-0.05, 0) is 36.8 Å². The Kier molecular flexibility index (Phi) is 4.25. The van der Waals surface area contributed by atoms with E-state index in [-0.39, 0.29) is 12.5 Å². The Morgan fingerprint density at radius 3 is 2.77 bits per heavy atom. The van der Waals surface area contributed by atoms with E-state index in [1.54, 1.807) is 4.90 Å². The number of ether oxygens (including phenoxy) is 1. The van der Waals surface area contributed by atoms with E-state index in [4.69, 9.17) is 4.74 Å². The minimum absolute atomic E-state index is 0.00233. The average molecular weight is 297 g/mol. The number of likely N-dealkylation sites (N-methyl/N-ethyl adjacent to an activating group) is 1. The molecule has 2 aromatic carbocycles. The molecule has 1 heterocycles. The van der Waals surface area contributed by atoms with Crippen LogP contribution < -0.4 is 20.5 Å². The lowest BCUT2D eigenvalue weighted by Crippen LogP contribution is -2.38. The van der Waals surface area contributed by atoms with Crippen LogP contribution in [0.5, 0.6) is 5.75 Å². The predicted octanol–water partition coefficient (Wildman–Crippen LogP) is 2.55. The van der Waals surface area contributed by atoms with E-state index >= 15 is 0 Å². The fraction of sp³-hybridized carbons (Fsp3) is 0.235. The maximum absolute atomic E-state index is 11.9. The van der Waals surface area contributed by atoms with Gasteiger partial charge in [0, 0.05) is 18.8 Å². The Balaban J connectivity index is 1.68. The largest absolute Gasteiger partial charge is 0.482 e. The van der Waals surface area contributed by atoms with Gasteiger partial charge in [-0.1, -0.05) is 24.3 Å². The molecule has 0 bridgehead atoms. The van der Waals surface area contributed by atoms with Crippen LogP contribution in [0.3, 0.4) is 0 Å². The standard InChI is InChI=1S/C17H19N3O2/c1-2-20-15-10-13(8-9-16(15)22-12-17(20)21)11-18-19-14-6-4-3-5-7-14/h3-10,18-19H,2,11-12H2,1H3. The van der Waals surface area contributed by atoms with E-state index in [1.165, 1.54) is 0 Å². The number of hydrazine groups is 1.